The number of carbonyl (C=O) groups is 1. The molecule has 22 heavy (non-hydrogen) atoms. The van der Waals surface area contributed by atoms with Gasteiger partial charge in [0.25, 0.3) is 0 Å². The summed E-state index contributed by atoms with van der Waals surface area (Å²) in [5.41, 5.74) is -0.358. The van der Waals surface area contributed by atoms with Gasteiger partial charge in [-0.25, -0.2) is 4.79 Å². The first-order valence-corrected chi connectivity index (χ1v) is 7.04. The van der Waals surface area contributed by atoms with Crippen LogP contribution in [0.3, 0.4) is 0 Å². The molecule has 1 aromatic heterocycles. The second-order valence-corrected chi connectivity index (χ2v) is 5.50. The summed E-state index contributed by atoms with van der Waals surface area (Å²) in [5.74, 6) is 0.0607. The summed E-state index contributed by atoms with van der Waals surface area (Å²) in [7, 11) is 0. The van der Waals surface area contributed by atoms with Gasteiger partial charge in [-0.3, -0.25) is 9.36 Å². The van der Waals surface area contributed by atoms with Crippen molar-refractivity contribution in [2.75, 3.05) is 11.9 Å². The van der Waals surface area contributed by atoms with E-state index in [0.717, 1.165) is 17.4 Å². The maximum atomic E-state index is 12.1. The lowest BCUT2D eigenvalue weighted by molar-refractivity contribution is -0.117. The molecule has 1 saturated heterocycles. The van der Waals surface area contributed by atoms with Crippen molar-refractivity contribution >= 4 is 11.7 Å². The van der Waals surface area contributed by atoms with E-state index < -0.39 is 24.1 Å². The van der Waals surface area contributed by atoms with E-state index in [1.54, 1.807) is 0 Å². The number of nitrogens with zero attached hydrogens (tertiary/aromatic N) is 2. The third kappa shape index (κ3) is 2.68. The molecule has 118 valence electrons. The van der Waals surface area contributed by atoms with Crippen LogP contribution in [0.1, 0.15) is 19.1 Å². The average Bonchev–Trinajstić information content (AvgIpc) is 3.29. The molecule has 0 radical (unpaired) electrons. The summed E-state index contributed by atoms with van der Waals surface area (Å²) in [5, 5.41) is 21.5. The molecule has 8 nitrogen and oxygen atoms in total. The van der Waals surface area contributed by atoms with Crippen LogP contribution in [0.5, 0.6) is 0 Å². The van der Waals surface area contributed by atoms with E-state index in [1.165, 1.54) is 12.3 Å². The van der Waals surface area contributed by atoms with E-state index in [4.69, 9.17) is 9.84 Å². The first kappa shape index (κ1) is 14.9. The summed E-state index contributed by atoms with van der Waals surface area (Å²) in [6.07, 6.45) is 0.383. The normalized spacial score (nSPS) is 27.9. The molecular formula is C14H17N3O5. The van der Waals surface area contributed by atoms with Crippen molar-refractivity contribution in [3.8, 4) is 0 Å². The molecule has 1 amide bonds. The van der Waals surface area contributed by atoms with Crippen LogP contribution < -0.4 is 11.0 Å². The Kier molecular flexibility index (Phi) is 3.81. The highest BCUT2D eigenvalue weighted by Crippen LogP contribution is 2.32. The Morgan fingerprint density at radius 2 is 2.27 bits per heavy atom. The third-order valence-electron chi connectivity index (χ3n) is 3.81. The van der Waals surface area contributed by atoms with E-state index in [0.29, 0.717) is 0 Å². The van der Waals surface area contributed by atoms with Crippen molar-refractivity contribution in [2.24, 2.45) is 5.92 Å². The molecule has 1 aromatic rings. The van der Waals surface area contributed by atoms with Gasteiger partial charge in [0.15, 0.2) is 6.23 Å². The van der Waals surface area contributed by atoms with Gasteiger partial charge < -0.3 is 20.3 Å². The van der Waals surface area contributed by atoms with E-state index >= 15 is 0 Å². The number of rotatable bonds is 4. The fourth-order valence-corrected chi connectivity index (χ4v) is 2.33. The highest BCUT2D eigenvalue weighted by molar-refractivity contribution is 5.93. The van der Waals surface area contributed by atoms with Crippen molar-refractivity contribution in [3.63, 3.8) is 0 Å². The Morgan fingerprint density at radius 1 is 1.55 bits per heavy atom. The monoisotopic (exact) mass is 307 g/mol. The minimum absolute atomic E-state index is 0.0163. The van der Waals surface area contributed by atoms with Gasteiger partial charge in [0.2, 0.25) is 5.91 Å². The smallest absolute Gasteiger partial charge is 0.351 e. The molecule has 2 fully saturated rings. The molecule has 0 spiro atoms. The van der Waals surface area contributed by atoms with Crippen LogP contribution in [0.2, 0.25) is 0 Å². The van der Waals surface area contributed by atoms with Crippen LogP contribution in [-0.4, -0.2) is 44.5 Å². The predicted molar refractivity (Wildman–Crippen MR) is 76.0 cm³/mol. The van der Waals surface area contributed by atoms with Gasteiger partial charge in [0, 0.05) is 17.7 Å². The maximum absolute atomic E-state index is 12.1. The standard InChI is InChI=1S/C14H17N3O5/c1-7-11(19)9(6-18)22-13(7)17-5-4-10(16-14(17)21)15-12(20)8-2-3-8/h4-5,8-9,11,13,18-19H,1-3,6H2,(H,15,16,20,21)/t9-,11+,13-/m1/s1. The number of ether oxygens (including phenoxy) is 1. The Hall–Kier alpha value is -2.03. The van der Waals surface area contributed by atoms with Gasteiger partial charge in [-0.15, -0.1) is 0 Å². The Balaban J connectivity index is 1.79. The zero-order valence-electron chi connectivity index (χ0n) is 11.8. The second-order valence-electron chi connectivity index (χ2n) is 5.50. The van der Waals surface area contributed by atoms with Gasteiger partial charge in [-0.2, -0.15) is 4.98 Å². The summed E-state index contributed by atoms with van der Waals surface area (Å²) in [6.45, 7) is 3.31. The number of anilines is 1. The number of carbonyl (C=O) groups excluding carboxylic acids is 1. The number of aliphatic hydroxyl groups excluding tert-OH is 2. The van der Waals surface area contributed by atoms with Crippen LogP contribution in [0.15, 0.2) is 29.2 Å². The Labute approximate surface area is 126 Å². The van der Waals surface area contributed by atoms with Crippen LogP contribution in [0.25, 0.3) is 0 Å². The lowest BCUT2D eigenvalue weighted by atomic mass is 10.1. The summed E-state index contributed by atoms with van der Waals surface area (Å²) < 4.78 is 6.57. The molecule has 3 atom stereocenters. The first-order chi connectivity index (χ1) is 10.5. The maximum Gasteiger partial charge on any atom is 0.351 e. The minimum atomic E-state index is -1.05. The molecule has 1 aliphatic heterocycles. The Bertz CT molecular complexity index is 667. The first-order valence-electron chi connectivity index (χ1n) is 7.04. The second kappa shape index (κ2) is 5.64. The number of amides is 1. The summed E-state index contributed by atoms with van der Waals surface area (Å²) in [6, 6.07) is 1.48. The molecular weight excluding hydrogens is 290 g/mol. The molecule has 1 aliphatic carbocycles. The minimum Gasteiger partial charge on any atom is -0.394 e. The summed E-state index contributed by atoms with van der Waals surface area (Å²) in [4.78, 5) is 27.5. The largest absolute Gasteiger partial charge is 0.394 e. The fourth-order valence-electron chi connectivity index (χ4n) is 2.33. The highest BCUT2D eigenvalue weighted by Gasteiger charge is 2.38. The average molecular weight is 307 g/mol. The predicted octanol–water partition coefficient (Wildman–Crippen LogP) is -0.601. The van der Waals surface area contributed by atoms with E-state index in [-0.39, 0.29) is 29.8 Å². The Morgan fingerprint density at radius 3 is 2.82 bits per heavy atom. The van der Waals surface area contributed by atoms with Crippen molar-refractivity contribution < 1.29 is 19.7 Å². The molecule has 0 aromatic carbocycles. The van der Waals surface area contributed by atoms with Crippen LogP contribution in [0.4, 0.5) is 5.82 Å². The zero-order chi connectivity index (χ0) is 15.9. The van der Waals surface area contributed by atoms with E-state index in [2.05, 4.69) is 16.9 Å². The van der Waals surface area contributed by atoms with Crippen LogP contribution >= 0.6 is 0 Å². The lowest BCUT2D eigenvalue weighted by Gasteiger charge is -2.15. The number of hydrogen-bond donors (Lipinski definition) is 3. The molecule has 3 rings (SSSR count). The molecule has 2 aliphatic rings. The quantitative estimate of drug-likeness (QED) is 0.640. The fraction of sp³-hybridized carbons (Fsp3) is 0.500. The van der Waals surface area contributed by atoms with Crippen molar-refractivity contribution in [2.45, 2.75) is 31.3 Å². The van der Waals surface area contributed by atoms with Gasteiger partial charge in [-0.05, 0) is 18.9 Å². The highest BCUT2D eigenvalue weighted by atomic mass is 16.5. The lowest BCUT2D eigenvalue weighted by Crippen LogP contribution is -2.29. The number of aliphatic hydroxyl groups is 2. The van der Waals surface area contributed by atoms with Crippen LogP contribution in [0, 0.1) is 5.92 Å². The van der Waals surface area contributed by atoms with E-state index in [1.807, 2.05) is 0 Å². The molecule has 3 N–H and O–H groups in total. The zero-order valence-corrected chi connectivity index (χ0v) is 11.8. The van der Waals surface area contributed by atoms with Crippen molar-refractivity contribution in [3.05, 3.63) is 34.9 Å². The van der Waals surface area contributed by atoms with Gasteiger partial charge in [0.05, 0.1) is 6.61 Å². The SMILES string of the molecule is C=C1[C@H](n2ccc(NC(=O)C3CC3)nc2=O)O[C@H](CO)[C@H]1O. The molecule has 0 bridgehead atoms. The van der Waals surface area contributed by atoms with Gasteiger partial charge in [-0.1, -0.05) is 6.58 Å². The van der Waals surface area contributed by atoms with Gasteiger partial charge >= 0.3 is 5.69 Å². The summed E-state index contributed by atoms with van der Waals surface area (Å²) >= 11 is 0. The van der Waals surface area contributed by atoms with Crippen LogP contribution in [-0.2, 0) is 9.53 Å². The van der Waals surface area contributed by atoms with Crippen molar-refractivity contribution in [1.29, 1.82) is 0 Å². The van der Waals surface area contributed by atoms with Gasteiger partial charge in [0.1, 0.15) is 18.0 Å². The number of nitrogens with one attached hydrogen (secondary N) is 1. The number of aromatic nitrogens is 2. The molecule has 0 unspecified atom stereocenters. The van der Waals surface area contributed by atoms with Crippen molar-refractivity contribution in [1.82, 2.24) is 9.55 Å². The molecule has 2 heterocycles. The van der Waals surface area contributed by atoms with E-state index in [9.17, 15) is 14.7 Å². The molecule has 1 saturated carbocycles. The topological polar surface area (TPSA) is 114 Å². The number of hydrogen-bond acceptors (Lipinski definition) is 6. The molecule has 8 heteroatoms. The third-order valence-corrected chi connectivity index (χ3v) is 3.81.